The third kappa shape index (κ3) is 3.89. The van der Waals surface area contributed by atoms with Crippen molar-refractivity contribution in [3.05, 3.63) is 48.0 Å². The summed E-state index contributed by atoms with van der Waals surface area (Å²) in [5.74, 6) is 1.94. The highest BCUT2D eigenvalue weighted by atomic mass is 16.5. The highest BCUT2D eigenvalue weighted by Crippen LogP contribution is 2.15. The molecule has 18 heavy (non-hydrogen) atoms. The fraction of sp³-hybridized carbons (Fsp3) is 0.357. The summed E-state index contributed by atoms with van der Waals surface area (Å²) in [4.78, 5) is 7.20. The fourth-order valence-electron chi connectivity index (χ4n) is 1.70. The largest absolute Gasteiger partial charge is 0.493 e. The molecule has 0 radical (unpaired) electrons. The van der Waals surface area contributed by atoms with Crippen LogP contribution in [0.4, 0.5) is 0 Å². The van der Waals surface area contributed by atoms with Crippen LogP contribution in [0.2, 0.25) is 0 Å². The van der Waals surface area contributed by atoms with Crippen molar-refractivity contribution < 1.29 is 4.74 Å². The van der Waals surface area contributed by atoms with E-state index >= 15 is 0 Å². The van der Waals surface area contributed by atoms with E-state index < -0.39 is 0 Å². The zero-order valence-corrected chi connectivity index (χ0v) is 10.6. The number of benzene rings is 1. The first kappa shape index (κ1) is 12.6. The predicted octanol–water partition coefficient (Wildman–Crippen LogP) is 2.28. The van der Waals surface area contributed by atoms with Gasteiger partial charge in [0.2, 0.25) is 0 Å². The van der Waals surface area contributed by atoms with Crippen molar-refractivity contribution in [2.75, 3.05) is 13.2 Å². The molecule has 1 aromatic carbocycles. The number of imidazole rings is 1. The lowest BCUT2D eigenvalue weighted by Crippen LogP contribution is -2.17. The van der Waals surface area contributed by atoms with Crippen LogP contribution < -0.4 is 10.1 Å². The molecule has 0 unspecified atom stereocenters. The normalized spacial score (nSPS) is 10.5. The smallest absolute Gasteiger partial charge is 0.122 e. The van der Waals surface area contributed by atoms with Crippen LogP contribution in [-0.2, 0) is 6.54 Å². The molecule has 0 amide bonds. The molecule has 4 heteroatoms. The number of H-pyrrole nitrogens is 1. The Labute approximate surface area is 107 Å². The van der Waals surface area contributed by atoms with E-state index in [1.165, 1.54) is 5.56 Å². The van der Waals surface area contributed by atoms with Crippen LogP contribution in [0, 0.1) is 6.92 Å². The summed E-state index contributed by atoms with van der Waals surface area (Å²) in [5.41, 5.74) is 1.18. The number of hydrogen-bond donors (Lipinski definition) is 2. The number of nitrogens with one attached hydrogen (secondary N) is 2. The van der Waals surface area contributed by atoms with E-state index in [0.717, 1.165) is 37.7 Å². The quantitative estimate of drug-likeness (QED) is 0.736. The van der Waals surface area contributed by atoms with Crippen LogP contribution in [0.1, 0.15) is 17.8 Å². The van der Waals surface area contributed by atoms with Gasteiger partial charge >= 0.3 is 0 Å². The number of ether oxygens (including phenoxy) is 1. The lowest BCUT2D eigenvalue weighted by molar-refractivity contribution is 0.306. The van der Waals surface area contributed by atoms with Crippen molar-refractivity contribution in [1.29, 1.82) is 0 Å². The second-order valence-electron chi connectivity index (χ2n) is 4.18. The van der Waals surface area contributed by atoms with Crippen LogP contribution in [0.5, 0.6) is 5.75 Å². The molecule has 2 N–H and O–H groups in total. The number of hydrogen-bond acceptors (Lipinski definition) is 3. The average Bonchev–Trinajstić information content (AvgIpc) is 2.89. The maximum Gasteiger partial charge on any atom is 0.122 e. The van der Waals surface area contributed by atoms with Crippen LogP contribution in [0.25, 0.3) is 0 Å². The predicted molar refractivity (Wildman–Crippen MR) is 71.6 cm³/mol. The Morgan fingerprint density at radius 2 is 2.22 bits per heavy atom. The highest BCUT2D eigenvalue weighted by molar-refractivity contribution is 5.31. The molecule has 0 aliphatic carbocycles. The summed E-state index contributed by atoms with van der Waals surface area (Å²) in [7, 11) is 0. The SMILES string of the molecule is Cc1ccccc1OCCCNCc1ncc[nH]1. The van der Waals surface area contributed by atoms with Gasteiger partial charge in [-0.25, -0.2) is 4.98 Å². The van der Waals surface area contributed by atoms with Gasteiger partial charge in [-0.2, -0.15) is 0 Å². The van der Waals surface area contributed by atoms with Gasteiger partial charge in [0.15, 0.2) is 0 Å². The topological polar surface area (TPSA) is 49.9 Å². The van der Waals surface area contributed by atoms with Crippen molar-refractivity contribution in [3.63, 3.8) is 0 Å². The number of rotatable bonds is 7. The molecule has 1 heterocycles. The molecular formula is C14H19N3O. The Hall–Kier alpha value is -1.81. The standard InChI is InChI=1S/C14H19N3O/c1-12-5-2-3-6-13(12)18-10-4-7-15-11-14-16-8-9-17-14/h2-3,5-6,8-9,15H,4,7,10-11H2,1H3,(H,16,17). The minimum absolute atomic E-state index is 0.732. The Bertz CT molecular complexity index is 454. The maximum absolute atomic E-state index is 5.71. The first-order chi connectivity index (χ1) is 8.86. The molecule has 4 nitrogen and oxygen atoms in total. The minimum Gasteiger partial charge on any atom is -0.493 e. The second kappa shape index (κ2) is 6.81. The molecule has 2 rings (SSSR count). The molecule has 0 spiro atoms. The third-order valence-electron chi connectivity index (χ3n) is 2.70. The van der Waals surface area contributed by atoms with Crippen molar-refractivity contribution in [1.82, 2.24) is 15.3 Å². The van der Waals surface area contributed by atoms with Crippen LogP contribution in [0.15, 0.2) is 36.7 Å². The van der Waals surface area contributed by atoms with Crippen molar-refractivity contribution >= 4 is 0 Å². The molecule has 0 aliphatic rings. The van der Waals surface area contributed by atoms with Gasteiger partial charge in [0.1, 0.15) is 11.6 Å². The van der Waals surface area contributed by atoms with Gasteiger partial charge in [-0.15, -0.1) is 0 Å². The van der Waals surface area contributed by atoms with E-state index in [1.54, 1.807) is 6.20 Å². The van der Waals surface area contributed by atoms with Crippen molar-refractivity contribution in [2.45, 2.75) is 19.9 Å². The minimum atomic E-state index is 0.732. The Kier molecular flexibility index (Phi) is 4.78. The van der Waals surface area contributed by atoms with Crippen molar-refractivity contribution in [2.24, 2.45) is 0 Å². The molecule has 0 atom stereocenters. The molecule has 0 bridgehead atoms. The lowest BCUT2D eigenvalue weighted by Gasteiger charge is -2.08. The van der Waals surface area contributed by atoms with Gasteiger partial charge in [-0.05, 0) is 31.5 Å². The van der Waals surface area contributed by atoms with Crippen LogP contribution >= 0.6 is 0 Å². The van der Waals surface area contributed by atoms with Crippen LogP contribution in [-0.4, -0.2) is 23.1 Å². The van der Waals surface area contributed by atoms with E-state index in [-0.39, 0.29) is 0 Å². The van der Waals surface area contributed by atoms with Gasteiger partial charge in [0.25, 0.3) is 0 Å². The maximum atomic E-state index is 5.71. The number of aromatic nitrogens is 2. The lowest BCUT2D eigenvalue weighted by atomic mass is 10.2. The summed E-state index contributed by atoms with van der Waals surface area (Å²) in [6, 6.07) is 8.08. The summed E-state index contributed by atoms with van der Waals surface area (Å²) in [6.45, 7) is 4.49. The van der Waals surface area contributed by atoms with E-state index in [4.69, 9.17) is 4.74 Å². The van der Waals surface area contributed by atoms with E-state index in [9.17, 15) is 0 Å². The molecular weight excluding hydrogens is 226 g/mol. The number of para-hydroxylation sites is 1. The summed E-state index contributed by atoms with van der Waals surface area (Å²) < 4.78 is 5.71. The van der Waals surface area contributed by atoms with E-state index in [0.29, 0.717) is 0 Å². The van der Waals surface area contributed by atoms with E-state index in [1.807, 2.05) is 24.4 Å². The monoisotopic (exact) mass is 245 g/mol. The summed E-state index contributed by atoms with van der Waals surface area (Å²) in [6.07, 6.45) is 4.58. The molecule has 2 aromatic rings. The number of aromatic amines is 1. The van der Waals surface area contributed by atoms with Gasteiger partial charge < -0.3 is 15.0 Å². The zero-order valence-electron chi connectivity index (χ0n) is 10.6. The Morgan fingerprint density at radius 3 is 3.00 bits per heavy atom. The third-order valence-corrected chi connectivity index (χ3v) is 2.70. The number of nitrogens with zero attached hydrogens (tertiary/aromatic N) is 1. The van der Waals surface area contributed by atoms with E-state index in [2.05, 4.69) is 28.3 Å². The van der Waals surface area contributed by atoms with Crippen LogP contribution in [0.3, 0.4) is 0 Å². The zero-order chi connectivity index (χ0) is 12.6. The van der Waals surface area contributed by atoms with Crippen molar-refractivity contribution in [3.8, 4) is 5.75 Å². The fourth-order valence-corrected chi connectivity index (χ4v) is 1.70. The average molecular weight is 245 g/mol. The Morgan fingerprint density at radius 1 is 1.33 bits per heavy atom. The second-order valence-corrected chi connectivity index (χ2v) is 4.18. The van der Waals surface area contributed by atoms with Gasteiger partial charge in [0.05, 0.1) is 13.2 Å². The molecule has 0 saturated heterocycles. The molecule has 0 saturated carbocycles. The molecule has 0 fully saturated rings. The van der Waals surface area contributed by atoms with Gasteiger partial charge in [-0.3, -0.25) is 0 Å². The first-order valence-corrected chi connectivity index (χ1v) is 6.23. The molecule has 1 aromatic heterocycles. The van der Waals surface area contributed by atoms with Gasteiger partial charge in [0, 0.05) is 12.4 Å². The summed E-state index contributed by atoms with van der Waals surface area (Å²) >= 11 is 0. The number of aryl methyl sites for hydroxylation is 1. The summed E-state index contributed by atoms with van der Waals surface area (Å²) in [5, 5.41) is 3.31. The molecule has 0 aliphatic heterocycles. The molecule has 96 valence electrons. The van der Waals surface area contributed by atoms with Gasteiger partial charge in [-0.1, -0.05) is 18.2 Å². The first-order valence-electron chi connectivity index (χ1n) is 6.23. The Balaban J connectivity index is 1.58. The highest BCUT2D eigenvalue weighted by Gasteiger charge is 1.97.